The molecule has 0 saturated heterocycles. The monoisotopic (exact) mass is 346 g/mol. The molecule has 0 aliphatic heterocycles. The number of furan rings is 2. The summed E-state index contributed by atoms with van der Waals surface area (Å²) in [4.78, 5) is 36.3. The molecular formula is C17H18N2O6. The smallest absolute Gasteiger partial charge is 0.331 e. The fourth-order valence-corrected chi connectivity index (χ4v) is 1.79. The Bertz CT molecular complexity index is 718. The van der Waals surface area contributed by atoms with Crippen LogP contribution in [0.3, 0.4) is 0 Å². The van der Waals surface area contributed by atoms with Crippen molar-refractivity contribution in [2.45, 2.75) is 6.54 Å². The third-order valence-corrected chi connectivity index (χ3v) is 3.11. The highest BCUT2D eigenvalue weighted by Crippen LogP contribution is 2.02. The van der Waals surface area contributed by atoms with Crippen molar-refractivity contribution in [1.82, 2.24) is 10.2 Å². The molecule has 0 aliphatic rings. The Balaban J connectivity index is 1.66. The SMILES string of the molecule is CN(CC(=O)NCc1ccco1)C(=O)COC(=O)/C=C/c1ccco1. The van der Waals surface area contributed by atoms with E-state index in [1.54, 1.807) is 24.3 Å². The Kier molecular flexibility index (Phi) is 6.58. The molecule has 2 aromatic heterocycles. The highest BCUT2D eigenvalue weighted by Gasteiger charge is 2.14. The van der Waals surface area contributed by atoms with Gasteiger partial charge in [0, 0.05) is 13.1 Å². The first-order valence-corrected chi connectivity index (χ1v) is 7.46. The third kappa shape index (κ3) is 6.38. The number of nitrogens with zero attached hydrogens (tertiary/aromatic N) is 1. The predicted molar refractivity (Wildman–Crippen MR) is 86.9 cm³/mol. The zero-order valence-corrected chi connectivity index (χ0v) is 13.6. The maximum absolute atomic E-state index is 11.9. The number of nitrogens with one attached hydrogen (secondary N) is 1. The maximum atomic E-state index is 11.9. The van der Waals surface area contributed by atoms with Gasteiger partial charge in [0.15, 0.2) is 6.61 Å². The summed E-state index contributed by atoms with van der Waals surface area (Å²) >= 11 is 0. The average molecular weight is 346 g/mol. The molecule has 2 heterocycles. The molecule has 8 heteroatoms. The summed E-state index contributed by atoms with van der Waals surface area (Å²) in [6.45, 7) is -0.372. The van der Waals surface area contributed by atoms with Crippen LogP contribution in [0.5, 0.6) is 0 Å². The first-order valence-electron chi connectivity index (χ1n) is 7.46. The number of carbonyl (C=O) groups excluding carboxylic acids is 3. The summed E-state index contributed by atoms with van der Waals surface area (Å²) in [5.74, 6) is -0.419. The van der Waals surface area contributed by atoms with Gasteiger partial charge in [0.25, 0.3) is 5.91 Å². The van der Waals surface area contributed by atoms with E-state index in [0.29, 0.717) is 11.5 Å². The molecule has 25 heavy (non-hydrogen) atoms. The van der Waals surface area contributed by atoms with Crippen molar-refractivity contribution in [3.8, 4) is 0 Å². The van der Waals surface area contributed by atoms with Gasteiger partial charge in [-0.15, -0.1) is 0 Å². The molecule has 0 fully saturated rings. The van der Waals surface area contributed by atoms with Crippen molar-refractivity contribution in [1.29, 1.82) is 0 Å². The molecule has 1 N–H and O–H groups in total. The summed E-state index contributed by atoms with van der Waals surface area (Å²) in [6, 6.07) is 6.79. The van der Waals surface area contributed by atoms with Gasteiger partial charge in [-0.05, 0) is 30.3 Å². The van der Waals surface area contributed by atoms with Crippen LogP contribution in [0.2, 0.25) is 0 Å². The van der Waals surface area contributed by atoms with E-state index in [4.69, 9.17) is 13.6 Å². The number of amides is 2. The van der Waals surface area contributed by atoms with E-state index in [1.165, 1.54) is 30.5 Å². The zero-order chi connectivity index (χ0) is 18.1. The highest BCUT2D eigenvalue weighted by molar-refractivity contribution is 5.90. The average Bonchev–Trinajstić information content (AvgIpc) is 3.29. The number of likely N-dealkylation sites (N-methyl/N-ethyl adjacent to an activating group) is 1. The van der Waals surface area contributed by atoms with Gasteiger partial charge in [-0.2, -0.15) is 0 Å². The van der Waals surface area contributed by atoms with Gasteiger partial charge in [-0.25, -0.2) is 4.79 Å². The van der Waals surface area contributed by atoms with Gasteiger partial charge in [-0.1, -0.05) is 0 Å². The van der Waals surface area contributed by atoms with Crippen molar-refractivity contribution >= 4 is 23.9 Å². The maximum Gasteiger partial charge on any atom is 0.331 e. The second-order valence-corrected chi connectivity index (χ2v) is 5.06. The van der Waals surface area contributed by atoms with Gasteiger partial charge in [0.05, 0.1) is 25.6 Å². The highest BCUT2D eigenvalue weighted by atomic mass is 16.5. The molecule has 8 nitrogen and oxygen atoms in total. The summed E-state index contributed by atoms with van der Waals surface area (Å²) in [5, 5.41) is 2.62. The minimum absolute atomic E-state index is 0.153. The molecule has 132 valence electrons. The summed E-state index contributed by atoms with van der Waals surface area (Å²) in [7, 11) is 1.45. The Labute approximate surface area is 144 Å². The first kappa shape index (κ1) is 18.1. The van der Waals surface area contributed by atoms with Crippen LogP contribution in [0, 0.1) is 0 Å². The van der Waals surface area contributed by atoms with Crippen LogP contribution >= 0.6 is 0 Å². The second-order valence-electron chi connectivity index (χ2n) is 5.06. The molecule has 0 radical (unpaired) electrons. The van der Waals surface area contributed by atoms with Crippen molar-refractivity contribution in [2.24, 2.45) is 0 Å². The molecule has 0 bridgehead atoms. The molecule has 2 amide bonds. The quantitative estimate of drug-likeness (QED) is 0.569. The van der Waals surface area contributed by atoms with Crippen LogP contribution in [-0.2, 0) is 25.7 Å². The lowest BCUT2D eigenvalue weighted by Crippen LogP contribution is -2.39. The summed E-state index contributed by atoms with van der Waals surface area (Å²) < 4.78 is 14.9. The lowest BCUT2D eigenvalue weighted by Gasteiger charge is -2.16. The molecular weight excluding hydrogens is 328 g/mol. The third-order valence-electron chi connectivity index (χ3n) is 3.11. The van der Waals surface area contributed by atoms with Crippen molar-refractivity contribution in [2.75, 3.05) is 20.2 Å². The predicted octanol–water partition coefficient (Wildman–Crippen LogP) is 1.20. The number of hydrogen-bond acceptors (Lipinski definition) is 6. The van der Waals surface area contributed by atoms with Crippen LogP contribution in [0.15, 0.2) is 51.7 Å². The van der Waals surface area contributed by atoms with Crippen LogP contribution in [0.25, 0.3) is 6.08 Å². The van der Waals surface area contributed by atoms with E-state index in [2.05, 4.69) is 5.32 Å². The van der Waals surface area contributed by atoms with Crippen molar-refractivity contribution in [3.05, 3.63) is 54.4 Å². The molecule has 0 spiro atoms. The first-order chi connectivity index (χ1) is 12.0. The minimum Gasteiger partial charge on any atom is -0.467 e. The number of ether oxygens (including phenoxy) is 1. The van der Waals surface area contributed by atoms with Crippen LogP contribution in [-0.4, -0.2) is 42.9 Å². The molecule has 2 aromatic rings. The topological polar surface area (TPSA) is 102 Å². The van der Waals surface area contributed by atoms with Crippen LogP contribution in [0.1, 0.15) is 11.5 Å². The van der Waals surface area contributed by atoms with Crippen molar-refractivity contribution < 1.29 is 28.0 Å². The van der Waals surface area contributed by atoms with E-state index < -0.39 is 18.5 Å². The van der Waals surface area contributed by atoms with Gasteiger partial charge < -0.3 is 23.8 Å². The van der Waals surface area contributed by atoms with Crippen LogP contribution in [0.4, 0.5) is 0 Å². The number of rotatable bonds is 8. The Hall–Kier alpha value is -3.29. The molecule has 0 aromatic carbocycles. The van der Waals surface area contributed by atoms with Gasteiger partial charge in [0.1, 0.15) is 11.5 Å². The van der Waals surface area contributed by atoms with E-state index >= 15 is 0 Å². The van der Waals surface area contributed by atoms with Gasteiger partial charge >= 0.3 is 5.97 Å². The standard InChI is InChI=1S/C17H18N2O6/c1-19(11-15(20)18-10-14-5-3-9-24-14)16(21)12-25-17(22)7-6-13-4-2-8-23-13/h2-9H,10-12H2,1H3,(H,18,20)/b7-6+. The van der Waals surface area contributed by atoms with Crippen LogP contribution < -0.4 is 5.32 Å². The Morgan fingerprint density at radius 1 is 1.20 bits per heavy atom. The number of hydrogen-bond donors (Lipinski definition) is 1. The van der Waals surface area contributed by atoms with Gasteiger partial charge in [0.2, 0.25) is 5.91 Å². The Morgan fingerprint density at radius 2 is 1.96 bits per heavy atom. The van der Waals surface area contributed by atoms with Crippen molar-refractivity contribution in [3.63, 3.8) is 0 Å². The second kappa shape index (κ2) is 9.11. The Morgan fingerprint density at radius 3 is 2.64 bits per heavy atom. The molecule has 0 saturated carbocycles. The fraction of sp³-hybridized carbons (Fsp3) is 0.235. The largest absolute Gasteiger partial charge is 0.467 e. The number of carbonyl (C=O) groups is 3. The van der Waals surface area contributed by atoms with E-state index in [0.717, 1.165) is 6.08 Å². The molecule has 0 atom stereocenters. The van der Waals surface area contributed by atoms with E-state index in [-0.39, 0.29) is 19.0 Å². The lowest BCUT2D eigenvalue weighted by atomic mass is 10.4. The molecule has 2 rings (SSSR count). The van der Waals surface area contributed by atoms with E-state index in [1.807, 2.05) is 0 Å². The van der Waals surface area contributed by atoms with Gasteiger partial charge in [-0.3, -0.25) is 9.59 Å². The minimum atomic E-state index is -0.680. The zero-order valence-electron chi connectivity index (χ0n) is 13.6. The number of esters is 1. The fourth-order valence-electron chi connectivity index (χ4n) is 1.79. The normalized spacial score (nSPS) is 10.6. The lowest BCUT2D eigenvalue weighted by molar-refractivity contribution is -0.148. The van der Waals surface area contributed by atoms with E-state index in [9.17, 15) is 14.4 Å². The summed E-state index contributed by atoms with van der Waals surface area (Å²) in [5.41, 5.74) is 0. The molecule has 0 unspecified atom stereocenters. The molecule has 0 aliphatic carbocycles. The summed E-state index contributed by atoms with van der Waals surface area (Å²) in [6.07, 6.45) is 5.56.